The third-order valence-corrected chi connectivity index (χ3v) is 7.28. The van der Waals surface area contributed by atoms with Gasteiger partial charge in [-0.05, 0) is 28.3 Å². The highest BCUT2D eigenvalue weighted by molar-refractivity contribution is 6.03. The van der Waals surface area contributed by atoms with Crippen molar-refractivity contribution < 1.29 is 0 Å². The maximum Gasteiger partial charge on any atom is 0.0979 e. The van der Waals surface area contributed by atoms with Crippen LogP contribution in [0.25, 0.3) is 66.9 Å². The maximum absolute atomic E-state index is 5.46. The predicted octanol–water partition coefficient (Wildman–Crippen LogP) is 9.96. The van der Waals surface area contributed by atoms with Gasteiger partial charge in [0, 0.05) is 22.3 Å². The molecule has 0 aliphatic rings. The first-order valence-electron chi connectivity index (χ1n) is 13.5. The monoisotopic (exact) mass is 510 g/mol. The summed E-state index contributed by atoms with van der Waals surface area (Å²) >= 11 is 0. The molecular formula is C38H26N2. The number of benzene rings is 6. The highest BCUT2D eigenvalue weighted by atomic mass is 14.8. The van der Waals surface area contributed by atoms with Gasteiger partial charge in [0.15, 0.2) is 0 Å². The second kappa shape index (κ2) is 10.4. The summed E-state index contributed by atoms with van der Waals surface area (Å²) in [6, 6.07) is 54.8. The highest BCUT2D eigenvalue weighted by Gasteiger charge is 2.19. The average Bonchev–Trinajstić information content (AvgIpc) is 3.05. The van der Waals surface area contributed by atoms with E-state index in [0.29, 0.717) is 0 Å². The molecule has 7 aromatic rings. The third kappa shape index (κ3) is 4.46. The Morgan fingerprint density at radius 3 is 1.15 bits per heavy atom. The van der Waals surface area contributed by atoms with Gasteiger partial charge in [-0.3, -0.25) is 0 Å². The first kappa shape index (κ1) is 23.8. The van der Waals surface area contributed by atoms with Crippen molar-refractivity contribution in [1.82, 2.24) is 9.97 Å². The molecule has 0 aliphatic carbocycles. The smallest absolute Gasteiger partial charge is 0.0979 e. The van der Waals surface area contributed by atoms with Crippen molar-refractivity contribution in [3.05, 3.63) is 158 Å². The Morgan fingerprint density at radius 1 is 0.275 bits per heavy atom. The molecule has 2 nitrogen and oxygen atoms in total. The van der Waals surface area contributed by atoms with Crippen LogP contribution in [0.1, 0.15) is 0 Å². The Kier molecular flexibility index (Phi) is 6.20. The zero-order chi connectivity index (χ0) is 26.7. The number of hydrogen-bond donors (Lipinski definition) is 0. The molecule has 0 saturated heterocycles. The minimum Gasteiger partial charge on any atom is -0.243 e. The molecule has 7 rings (SSSR count). The van der Waals surface area contributed by atoms with Gasteiger partial charge in [-0.1, -0.05) is 152 Å². The SMILES string of the molecule is c1ccc(-c2cccc(-c3nc4c(-c5ccccc5)ccc(-c5ccccc5)c4nc3-c3ccccc3)c2)cc1. The van der Waals surface area contributed by atoms with E-state index in [1.54, 1.807) is 0 Å². The predicted molar refractivity (Wildman–Crippen MR) is 167 cm³/mol. The second-order valence-corrected chi connectivity index (χ2v) is 9.82. The molecule has 1 aromatic heterocycles. The van der Waals surface area contributed by atoms with E-state index in [1.165, 1.54) is 5.56 Å². The summed E-state index contributed by atoms with van der Waals surface area (Å²) in [4.78, 5) is 10.9. The van der Waals surface area contributed by atoms with E-state index < -0.39 is 0 Å². The Morgan fingerprint density at radius 2 is 0.650 bits per heavy atom. The van der Waals surface area contributed by atoms with Crippen molar-refractivity contribution in [1.29, 1.82) is 0 Å². The molecule has 0 radical (unpaired) electrons. The molecule has 0 bridgehead atoms. The zero-order valence-electron chi connectivity index (χ0n) is 21.9. The fourth-order valence-electron chi connectivity index (χ4n) is 5.31. The van der Waals surface area contributed by atoms with Crippen LogP contribution in [-0.2, 0) is 0 Å². The average molecular weight is 511 g/mol. The van der Waals surface area contributed by atoms with Gasteiger partial charge >= 0.3 is 0 Å². The van der Waals surface area contributed by atoms with Gasteiger partial charge in [-0.2, -0.15) is 0 Å². The molecule has 0 fully saturated rings. The lowest BCUT2D eigenvalue weighted by atomic mass is 9.95. The highest BCUT2D eigenvalue weighted by Crippen LogP contribution is 2.39. The van der Waals surface area contributed by atoms with E-state index in [1.807, 2.05) is 24.3 Å². The van der Waals surface area contributed by atoms with Crippen LogP contribution in [0.5, 0.6) is 0 Å². The number of hydrogen-bond acceptors (Lipinski definition) is 2. The molecule has 0 saturated carbocycles. The third-order valence-electron chi connectivity index (χ3n) is 7.28. The minimum absolute atomic E-state index is 0.874. The molecule has 6 aromatic carbocycles. The molecule has 0 atom stereocenters. The quantitative estimate of drug-likeness (QED) is 0.230. The molecule has 0 unspecified atom stereocenters. The number of aromatic nitrogens is 2. The zero-order valence-corrected chi connectivity index (χ0v) is 21.9. The molecule has 0 amide bonds. The summed E-state index contributed by atoms with van der Waals surface area (Å²) in [5, 5.41) is 0. The van der Waals surface area contributed by atoms with Gasteiger partial charge < -0.3 is 0 Å². The van der Waals surface area contributed by atoms with Crippen LogP contribution < -0.4 is 0 Å². The van der Waals surface area contributed by atoms with E-state index in [0.717, 1.165) is 61.4 Å². The molecule has 0 N–H and O–H groups in total. The second-order valence-electron chi connectivity index (χ2n) is 9.82. The van der Waals surface area contributed by atoms with Crippen molar-refractivity contribution in [3.63, 3.8) is 0 Å². The van der Waals surface area contributed by atoms with Gasteiger partial charge in [0.1, 0.15) is 0 Å². The number of rotatable bonds is 5. The van der Waals surface area contributed by atoms with Crippen LogP contribution in [0.4, 0.5) is 0 Å². The molecule has 40 heavy (non-hydrogen) atoms. The number of fused-ring (bicyclic) bond motifs is 1. The standard InChI is InChI=1S/C38H26N2/c1-5-14-27(15-6-1)31-22-13-23-32(26-31)36-35(30-20-11-4-12-21-30)39-37-33(28-16-7-2-8-17-28)24-25-34(38(37)40-36)29-18-9-3-10-19-29/h1-26H. The van der Waals surface area contributed by atoms with E-state index in [4.69, 9.17) is 9.97 Å². The van der Waals surface area contributed by atoms with Gasteiger partial charge in [-0.25, -0.2) is 9.97 Å². The molecule has 0 spiro atoms. The van der Waals surface area contributed by atoms with Crippen LogP contribution in [0.15, 0.2) is 158 Å². The van der Waals surface area contributed by atoms with Crippen LogP contribution >= 0.6 is 0 Å². The van der Waals surface area contributed by atoms with E-state index >= 15 is 0 Å². The van der Waals surface area contributed by atoms with Crippen molar-refractivity contribution in [2.75, 3.05) is 0 Å². The normalized spacial score (nSPS) is 11.0. The molecule has 188 valence electrons. The first-order chi connectivity index (χ1) is 19.8. The van der Waals surface area contributed by atoms with Crippen LogP contribution in [0.2, 0.25) is 0 Å². The van der Waals surface area contributed by atoms with Crippen LogP contribution in [-0.4, -0.2) is 9.97 Å². The summed E-state index contributed by atoms with van der Waals surface area (Å²) in [6.45, 7) is 0. The molecule has 0 aliphatic heterocycles. The Bertz CT molecular complexity index is 1910. The molecule has 2 heteroatoms. The lowest BCUT2D eigenvalue weighted by Gasteiger charge is -2.16. The van der Waals surface area contributed by atoms with E-state index in [-0.39, 0.29) is 0 Å². The van der Waals surface area contributed by atoms with Gasteiger partial charge in [0.25, 0.3) is 0 Å². The van der Waals surface area contributed by atoms with Crippen LogP contribution in [0.3, 0.4) is 0 Å². The van der Waals surface area contributed by atoms with Crippen molar-refractivity contribution in [3.8, 4) is 55.9 Å². The Balaban J connectivity index is 1.55. The molecule has 1 heterocycles. The lowest BCUT2D eigenvalue weighted by Crippen LogP contribution is -1.99. The summed E-state index contributed by atoms with van der Waals surface area (Å²) < 4.78 is 0. The fourth-order valence-corrected chi connectivity index (χ4v) is 5.31. The van der Waals surface area contributed by atoms with Gasteiger partial charge in [-0.15, -0.1) is 0 Å². The molecular weight excluding hydrogens is 484 g/mol. The topological polar surface area (TPSA) is 25.8 Å². The van der Waals surface area contributed by atoms with Crippen molar-refractivity contribution in [2.45, 2.75) is 0 Å². The Labute approximate surface area is 234 Å². The van der Waals surface area contributed by atoms with Crippen molar-refractivity contribution in [2.24, 2.45) is 0 Å². The summed E-state index contributed by atoms with van der Waals surface area (Å²) in [6.07, 6.45) is 0. The fraction of sp³-hybridized carbons (Fsp3) is 0. The minimum atomic E-state index is 0.874. The first-order valence-corrected chi connectivity index (χ1v) is 13.5. The van der Waals surface area contributed by atoms with Crippen LogP contribution in [0, 0.1) is 0 Å². The summed E-state index contributed by atoms with van der Waals surface area (Å²) in [5.74, 6) is 0. The largest absolute Gasteiger partial charge is 0.243 e. The van der Waals surface area contributed by atoms with E-state index in [2.05, 4.69) is 133 Å². The maximum atomic E-state index is 5.46. The van der Waals surface area contributed by atoms with E-state index in [9.17, 15) is 0 Å². The Hall–Kier alpha value is -5.34. The van der Waals surface area contributed by atoms with Gasteiger partial charge in [0.05, 0.1) is 22.4 Å². The van der Waals surface area contributed by atoms with Gasteiger partial charge in [0.2, 0.25) is 0 Å². The summed E-state index contributed by atoms with van der Waals surface area (Å²) in [5.41, 5.74) is 12.3. The van der Waals surface area contributed by atoms with Crippen molar-refractivity contribution >= 4 is 11.0 Å². The lowest BCUT2D eigenvalue weighted by molar-refractivity contribution is 1.29. The number of nitrogens with zero attached hydrogens (tertiary/aromatic N) is 2. The summed E-state index contributed by atoms with van der Waals surface area (Å²) in [7, 11) is 0.